The predicted molar refractivity (Wildman–Crippen MR) is 118 cm³/mol. The van der Waals surface area contributed by atoms with Crippen molar-refractivity contribution < 1.29 is 24.0 Å². The molecule has 1 aliphatic heterocycles. The highest BCUT2D eigenvalue weighted by atomic mass is 16.7. The number of aliphatic hydroxyl groups is 1. The summed E-state index contributed by atoms with van der Waals surface area (Å²) in [5.74, 6) is -0.456. The standard InChI is InChI=1S/C22H41BN2O5/c1-7-8-13-24-19(28)22(25-16(2)27)14-17(9-10-18(22)15-26)11-12-23-29-20(3,4)21(5,6)30-23/h17-18,26H,7-15H2,1-6H3,(H,24,28)(H,25,27). The van der Waals surface area contributed by atoms with Gasteiger partial charge in [-0.25, -0.2) is 0 Å². The van der Waals surface area contributed by atoms with Gasteiger partial charge in [0.15, 0.2) is 0 Å². The van der Waals surface area contributed by atoms with Crippen molar-refractivity contribution in [2.45, 2.75) is 103 Å². The van der Waals surface area contributed by atoms with E-state index in [-0.39, 0.29) is 48.6 Å². The van der Waals surface area contributed by atoms with Crippen molar-refractivity contribution in [3.63, 3.8) is 0 Å². The van der Waals surface area contributed by atoms with Gasteiger partial charge in [-0.05, 0) is 65.6 Å². The van der Waals surface area contributed by atoms with E-state index in [4.69, 9.17) is 9.31 Å². The van der Waals surface area contributed by atoms with Gasteiger partial charge in [-0.2, -0.15) is 0 Å². The summed E-state index contributed by atoms with van der Waals surface area (Å²) in [6.45, 7) is 12.1. The predicted octanol–water partition coefficient (Wildman–Crippen LogP) is 2.67. The number of unbranched alkanes of at least 4 members (excludes halogenated alkanes) is 1. The van der Waals surface area contributed by atoms with Crippen LogP contribution in [0, 0.1) is 11.8 Å². The Bertz CT molecular complexity index is 596. The van der Waals surface area contributed by atoms with Crippen LogP contribution in [0.1, 0.15) is 80.1 Å². The van der Waals surface area contributed by atoms with Crippen molar-refractivity contribution in [3.05, 3.63) is 0 Å². The minimum Gasteiger partial charge on any atom is -0.403 e. The van der Waals surface area contributed by atoms with Crippen LogP contribution in [0.2, 0.25) is 6.32 Å². The van der Waals surface area contributed by atoms with Gasteiger partial charge in [-0.1, -0.05) is 19.8 Å². The van der Waals surface area contributed by atoms with Crippen LogP contribution < -0.4 is 10.6 Å². The molecule has 2 fully saturated rings. The molecule has 1 saturated carbocycles. The fraction of sp³-hybridized carbons (Fsp3) is 0.909. The van der Waals surface area contributed by atoms with E-state index in [1.165, 1.54) is 6.92 Å². The first-order chi connectivity index (χ1) is 14.0. The minimum atomic E-state index is -1.06. The molecule has 2 aliphatic rings. The summed E-state index contributed by atoms with van der Waals surface area (Å²) in [7, 11) is -0.265. The van der Waals surface area contributed by atoms with Crippen LogP contribution in [-0.2, 0) is 18.9 Å². The fourth-order valence-electron chi connectivity index (χ4n) is 4.69. The van der Waals surface area contributed by atoms with Gasteiger partial charge < -0.3 is 25.0 Å². The van der Waals surface area contributed by atoms with Gasteiger partial charge in [0, 0.05) is 26.0 Å². The third-order valence-electron chi connectivity index (χ3n) is 7.18. The maximum absolute atomic E-state index is 13.2. The summed E-state index contributed by atoms with van der Waals surface area (Å²) in [5.41, 5.74) is -1.77. The molecule has 0 aromatic rings. The van der Waals surface area contributed by atoms with E-state index in [0.29, 0.717) is 19.4 Å². The molecule has 3 unspecified atom stereocenters. The van der Waals surface area contributed by atoms with Gasteiger partial charge in [0.25, 0.3) is 0 Å². The lowest BCUT2D eigenvalue weighted by molar-refractivity contribution is -0.139. The Kier molecular flexibility index (Phi) is 8.39. The van der Waals surface area contributed by atoms with Gasteiger partial charge in [0.2, 0.25) is 11.8 Å². The van der Waals surface area contributed by atoms with Crippen LogP contribution in [0.3, 0.4) is 0 Å². The Morgan fingerprint density at radius 1 is 1.13 bits per heavy atom. The Hall–Kier alpha value is -1.12. The number of amides is 2. The Labute approximate surface area is 182 Å². The van der Waals surface area contributed by atoms with Crippen LogP contribution in [0.25, 0.3) is 0 Å². The van der Waals surface area contributed by atoms with Crippen LogP contribution in [-0.4, -0.2) is 53.9 Å². The molecule has 1 aliphatic carbocycles. The van der Waals surface area contributed by atoms with Crippen molar-refractivity contribution in [1.29, 1.82) is 0 Å². The molecule has 0 radical (unpaired) electrons. The zero-order valence-corrected chi connectivity index (χ0v) is 19.7. The maximum atomic E-state index is 13.2. The number of hydrogen-bond acceptors (Lipinski definition) is 5. The first kappa shape index (κ1) is 25.1. The van der Waals surface area contributed by atoms with Gasteiger partial charge in [0.05, 0.1) is 11.2 Å². The molecule has 1 heterocycles. The zero-order chi connectivity index (χ0) is 22.6. The Balaban J connectivity index is 2.08. The summed E-state index contributed by atoms with van der Waals surface area (Å²) >= 11 is 0. The van der Waals surface area contributed by atoms with E-state index >= 15 is 0 Å². The lowest BCUT2D eigenvalue weighted by Gasteiger charge is -2.45. The highest BCUT2D eigenvalue weighted by Gasteiger charge is 2.52. The zero-order valence-electron chi connectivity index (χ0n) is 19.7. The molecule has 7 nitrogen and oxygen atoms in total. The van der Waals surface area contributed by atoms with Crippen molar-refractivity contribution in [1.82, 2.24) is 10.6 Å². The summed E-state index contributed by atoms with van der Waals surface area (Å²) in [4.78, 5) is 25.2. The Morgan fingerprint density at radius 3 is 2.30 bits per heavy atom. The molecule has 0 spiro atoms. The van der Waals surface area contributed by atoms with Crippen molar-refractivity contribution in [2.24, 2.45) is 11.8 Å². The quantitative estimate of drug-likeness (QED) is 0.391. The lowest BCUT2D eigenvalue weighted by Crippen LogP contribution is -2.65. The third kappa shape index (κ3) is 5.57. The largest absolute Gasteiger partial charge is 0.457 e. The van der Waals surface area contributed by atoms with Gasteiger partial charge in [0.1, 0.15) is 5.54 Å². The molecule has 3 N–H and O–H groups in total. The first-order valence-electron chi connectivity index (χ1n) is 11.5. The minimum absolute atomic E-state index is 0.120. The molecule has 30 heavy (non-hydrogen) atoms. The van der Waals surface area contributed by atoms with E-state index in [1.54, 1.807) is 0 Å². The van der Waals surface area contributed by atoms with E-state index in [0.717, 1.165) is 32.0 Å². The molecular weight excluding hydrogens is 383 g/mol. The lowest BCUT2D eigenvalue weighted by atomic mass is 9.65. The van der Waals surface area contributed by atoms with Crippen molar-refractivity contribution in [2.75, 3.05) is 13.2 Å². The highest BCUT2D eigenvalue weighted by Crippen LogP contribution is 2.42. The summed E-state index contributed by atoms with van der Waals surface area (Å²) in [6.07, 6.45) is 5.59. The molecule has 0 aromatic carbocycles. The number of rotatable bonds is 9. The second-order valence-corrected chi connectivity index (χ2v) is 10.1. The van der Waals surface area contributed by atoms with E-state index in [9.17, 15) is 14.7 Å². The number of nitrogens with one attached hydrogen (secondary N) is 2. The number of hydrogen-bond donors (Lipinski definition) is 3. The maximum Gasteiger partial charge on any atom is 0.457 e. The second kappa shape index (κ2) is 10.0. The summed E-state index contributed by atoms with van der Waals surface area (Å²) in [5, 5.41) is 15.9. The normalized spacial score (nSPS) is 30.2. The number of carbonyl (C=O) groups excluding carboxylic acids is 2. The van der Waals surface area contributed by atoms with Gasteiger partial charge in [-0.3, -0.25) is 9.59 Å². The monoisotopic (exact) mass is 424 g/mol. The third-order valence-corrected chi connectivity index (χ3v) is 7.18. The van der Waals surface area contributed by atoms with E-state index in [1.807, 2.05) is 27.7 Å². The van der Waals surface area contributed by atoms with Crippen LogP contribution >= 0.6 is 0 Å². The molecule has 2 rings (SSSR count). The molecule has 172 valence electrons. The highest BCUT2D eigenvalue weighted by molar-refractivity contribution is 6.45. The van der Waals surface area contributed by atoms with E-state index in [2.05, 4.69) is 17.6 Å². The van der Waals surface area contributed by atoms with Gasteiger partial charge >= 0.3 is 7.12 Å². The molecule has 1 saturated heterocycles. The van der Waals surface area contributed by atoms with E-state index < -0.39 is 5.54 Å². The molecule has 0 bridgehead atoms. The average molecular weight is 424 g/mol. The number of aliphatic hydroxyl groups excluding tert-OH is 1. The van der Waals surface area contributed by atoms with Crippen LogP contribution in [0.4, 0.5) is 0 Å². The molecule has 0 aromatic heterocycles. The number of carbonyl (C=O) groups is 2. The average Bonchev–Trinajstić information content (AvgIpc) is 2.86. The summed E-state index contributed by atoms with van der Waals surface area (Å²) < 4.78 is 12.2. The first-order valence-corrected chi connectivity index (χ1v) is 11.5. The molecular formula is C22H41BN2O5. The van der Waals surface area contributed by atoms with Crippen molar-refractivity contribution in [3.8, 4) is 0 Å². The summed E-state index contributed by atoms with van der Waals surface area (Å²) in [6, 6.07) is 0. The smallest absolute Gasteiger partial charge is 0.403 e. The molecule has 3 atom stereocenters. The SMILES string of the molecule is CCCCNC(=O)C1(NC(C)=O)CC(CCB2OC(C)(C)C(C)(C)O2)CCC1CO. The van der Waals surface area contributed by atoms with Crippen LogP contribution in [0.15, 0.2) is 0 Å². The molecule has 8 heteroatoms. The Morgan fingerprint density at radius 2 is 1.77 bits per heavy atom. The van der Waals surface area contributed by atoms with Crippen molar-refractivity contribution >= 4 is 18.9 Å². The second-order valence-electron chi connectivity index (χ2n) is 10.1. The van der Waals surface area contributed by atoms with Crippen LogP contribution in [0.5, 0.6) is 0 Å². The fourth-order valence-corrected chi connectivity index (χ4v) is 4.69. The molecule has 2 amide bonds. The van der Waals surface area contributed by atoms with Gasteiger partial charge in [-0.15, -0.1) is 0 Å². The topological polar surface area (TPSA) is 96.9 Å².